The Morgan fingerprint density at radius 1 is 0.964 bits per heavy atom. The van der Waals surface area contributed by atoms with E-state index in [0.717, 1.165) is 11.4 Å². The monoisotopic (exact) mass is 415 g/mol. The maximum absolute atomic E-state index is 10.6. The SMILES string of the molecule is O=C(O)COc1c(Cl)cc(C=Nc2ccc(Oc3ccccc3)cc2)cc1Cl. The fourth-order valence-electron chi connectivity index (χ4n) is 2.30. The number of hydrogen-bond acceptors (Lipinski definition) is 4. The van der Waals surface area contributed by atoms with Crippen molar-refractivity contribution in [3.63, 3.8) is 0 Å². The lowest BCUT2D eigenvalue weighted by atomic mass is 10.2. The molecule has 0 aliphatic carbocycles. The van der Waals surface area contributed by atoms with Crippen molar-refractivity contribution in [1.82, 2.24) is 0 Å². The number of nitrogens with zero attached hydrogens (tertiary/aromatic N) is 1. The zero-order valence-electron chi connectivity index (χ0n) is 14.5. The summed E-state index contributed by atoms with van der Waals surface area (Å²) in [6, 6.07) is 20.0. The lowest BCUT2D eigenvalue weighted by molar-refractivity contribution is -0.139. The molecule has 0 aliphatic rings. The molecule has 0 aromatic heterocycles. The van der Waals surface area contributed by atoms with Gasteiger partial charge in [-0.3, -0.25) is 4.99 Å². The van der Waals surface area contributed by atoms with Gasteiger partial charge in [0.2, 0.25) is 0 Å². The van der Waals surface area contributed by atoms with Crippen LogP contribution in [0.3, 0.4) is 0 Å². The minimum atomic E-state index is -1.11. The van der Waals surface area contributed by atoms with E-state index in [0.29, 0.717) is 11.3 Å². The smallest absolute Gasteiger partial charge is 0.341 e. The highest BCUT2D eigenvalue weighted by Gasteiger charge is 2.11. The van der Waals surface area contributed by atoms with E-state index in [-0.39, 0.29) is 15.8 Å². The van der Waals surface area contributed by atoms with Crippen LogP contribution in [0.15, 0.2) is 71.7 Å². The molecular formula is C21H15Cl2NO4. The largest absolute Gasteiger partial charge is 0.479 e. The molecule has 3 aromatic rings. The Morgan fingerprint density at radius 2 is 1.57 bits per heavy atom. The van der Waals surface area contributed by atoms with Gasteiger partial charge in [-0.15, -0.1) is 0 Å². The molecule has 3 aromatic carbocycles. The fourth-order valence-corrected chi connectivity index (χ4v) is 2.91. The molecule has 1 N–H and O–H groups in total. The minimum absolute atomic E-state index is 0.130. The van der Waals surface area contributed by atoms with Crippen LogP contribution in [0.5, 0.6) is 17.2 Å². The number of carbonyl (C=O) groups is 1. The highest BCUT2D eigenvalue weighted by Crippen LogP contribution is 2.34. The Balaban J connectivity index is 1.68. The van der Waals surface area contributed by atoms with Crippen molar-refractivity contribution in [1.29, 1.82) is 0 Å². The van der Waals surface area contributed by atoms with Crippen molar-refractivity contribution >= 4 is 41.1 Å². The molecule has 5 nitrogen and oxygen atoms in total. The molecule has 0 bridgehead atoms. The first-order valence-electron chi connectivity index (χ1n) is 8.22. The molecule has 0 spiro atoms. The van der Waals surface area contributed by atoms with Crippen molar-refractivity contribution in [3.05, 3.63) is 82.3 Å². The molecule has 0 saturated heterocycles. The number of ether oxygens (including phenoxy) is 2. The highest BCUT2D eigenvalue weighted by molar-refractivity contribution is 6.37. The minimum Gasteiger partial charge on any atom is -0.479 e. The number of carboxylic acids is 1. The number of benzene rings is 3. The molecule has 3 rings (SSSR count). The van der Waals surface area contributed by atoms with Crippen molar-refractivity contribution in [2.24, 2.45) is 4.99 Å². The predicted octanol–water partition coefficient (Wildman–Crippen LogP) is 6.00. The molecule has 0 fully saturated rings. The number of carboxylic acid groups (broad SMARTS) is 1. The topological polar surface area (TPSA) is 68.1 Å². The molecule has 0 unspecified atom stereocenters. The molecule has 0 aliphatic heterocycles. The van der Waals surface area contributed by atoms with E-state index < -0.39 is 12.6 Å². The Bertz CT molecular complexity index is 966. The summed E-state index contributed by atoms with van der Waals surface area (Å²) in [7, 11) is 0. The molecule has 0 radical (unpaired) electrons. The first-order chi connectivity index (χ1) is 13.5. The van der Waals surface area contributed by atoms with Crippen LogP contribution in [-0.4, -0.2) is 23.9 Å². The zero-order valence-corrected chi connectivity index (χ0v) is 16.0. The van der Waals surface area contributed by atoms with Crippen LogP contribution in [-0.2, 0) is 4.79 Å². The number of aliphatic imine (C=N–C) groups is 1. The average Bonchev–Trinajstić information content (AvgIpc) is 2.67. The number of halogens is 2. The van der Waals surface area contributed by atoms with E-state index in [1.807, 2.05) is 54.6 Å². The quantitative estimate of drug-likeness (QED) is 0.480. The van der Waals surface area contributed by atoms with Gasteiger partial charge in [0.05, 0.1) is 15.7 Å². The Hall–Kier alpha value is -3.02. The van der Waals surface area contributed by atoms with Gasteiger partial charge < -0.3 is 14.6 Å². The number of hydrogen-bond donors (Lipinski definition) is 1. The van der Waals surface area contributed by atoms with Crippen molar-refractivity contribution in [2.75, 3.05) is 6.61 Å². The second kappa shape index (κ2) is 9.26. The Labute approximate surface area is 171 Å². The van der Waals surface area contributed by atoms with Crippen molar-refractivity contribution in [2.45, 2.75) is 0 Å². The summed E-state index contributed by atoms with van der Waals surface area (Å²) in [5, 5.41) is 9.10. The third-order valence-electron chi connectivity index (χ3n) is 3.54. The van der Waals surface area contributed by atoms with Crippen LogP contribution in [0.2, 0.25) is 10.0 Å². The van der Waals surface area contributed by atoms with Crippen molar-refractivity contribution in [3.8, 4) is 17.2 Å². The predicted molar refractivity (Wildman–Crippen MR) is 110 cm³/mol. The molecule has 0 heterocycles. The summed E-state index contributed by atoms with van der Waals surface area (Å²) in [6.07, 6.45) is 1.60. The lowest BCUT2D eigenvalue weighted by Crippen LogP contribution is -2.10. The van der Waals surface area contributed by atoms with Crippen molar-refractivity contribution < 1.29 is 19.4 Å². The molecule has 28 heavy (non-hydrogen) atoms. The maximum Gasteiger partial charge on any atom is 0.341 e. The van der Waals surface area contributed by atoms with Crippen LogP contribution >= 0.6 is 23.2 Å². The van der Waals surface area contributed by atoms with Gasteiger partial charge in [-0.2, -0.15) is 0 Å². The summed E-state index contributed by atoms with van der Waals surface area (Å²) in [5.74, 6) is 0.479. The van der Waals surface area contributed by atoms with Gasteiger partial charge in [0.25, 0.3) is 0 Å². The Morgan fingerprint density at radius 3 is 2.18 bits per heavy atom. The van der Waals surface area contributed by atoms with Gasteiger partial charge in [-0.1, -0.05) is 41.4 Å². The molecule has 142 valence electrons. The highest BCUT2D eigenvalue weighted by atomic mass is 35.5. The summed E-state index contributed by atoms with van der Waals surface area (Å²) in [4.78, 5) is 15.0. The van der Waals surface area contributed by atoms with Gasteiger partial charge in [0.15, 0.2) is 12.4 Å². The average molecular weight is 416 g/mol. The van der Waals surface area contributed by atoms with Gasteiger partial charge in [0, 0.05) is 6.21 Å². The molecule has 7 heteroatoms. The van der Waals surface area contributed by atoms with E-state index in [9.17, 15) is 4.79 Å². The number of rotatable bonds is 7. The first-order valence-corrected chi connectivity index (χ1v) is 8.97. The summed E-state index contributed by atoms with van der Waals surface area (Å²) >= 11 is 12.2. The standard InChI is InChI=1S/C21H15Cl2NO4/c22-18-10-14(11-19(23)21(18)27-13-20(25)26)12-24-15-6-8-17(9-7-15)28-16-4-2-1-3-5-16/h1-12H,13H2,(H,25,26). The van der Waals surface area contributed by atoms with Gasteiger partial charge in [-0.25, -0.2) is 4.79 Å². The maximum atomic E-state index is 10.6. The summed E-state index contributed by atoms with van der Waals surface area (Å²) in [6.45, 7) is -0.524. The summed E-state index contributed by atoms with van der Waals surface area (Å²) in [5.41, 5.74) is 1.38. The van der Waals surface area contributed by atoms with Crippen LogP contribution in [0.25, 0.3) is 0 Å². The number of aliphatic carboxylic acids is 1. The Kier molecular flexibility index (Phi) is 6.53. The van der Waals surface area contributed by atoms with Gasteiger partial charge >= 0.3 is 5.97 Å². The number of para-hydroxylation sites is 1. The van der Waals surface area contributed by atoms with E-state index in [2.05, 4.69) is 4.99 Å². The lowest BCUT2D eigenvalue weighted by Gasteiger charge is -2.08. The molecule has 0 amide bonds. The van der Waals surface area contributed by atoms with E-state index in [4.69, 9.17) is 37.8 Å². The fraction of sp³-hybridized carbons (Fsp3) is 0.0476. The molecule has 0 atom stereocenters. The second-order valence-electron chi connectivity index (χ2n) is 5.66. The van der Waals surface area contributed by atoms with E-state index >= 15 is 0 Å². The second-order valence-corrected chi connectivity index (χ2v) is 6.48. The first kappa shape index (κ1) is 19.7. The molecular weight excluding hydrogens is 401 g/mol. The third kappa shape index (κ3) is 5.49. The van der Waals surface area contributed by atoms with Gasteiger partial charge in [0.1, 0.15) is 11.5 Å². The van der Waals surface area contributed by atoms with Crippen LogP contribution < -0.4 is 9.47 Å². The van der Waals surface area contributed by atoms with Crippen LogP contribution in [0.4, 0.5) is 5.69 Å². The van der Waals surface area contributed by atoms with E-state index in [1.54, 1.807) is 18.3 Å². The van der Waals surface area contributed by atoms with E-state index in [1.165, 1.54) is 0 Å². The van der Waals surface area contributed by atoms with Gasteiger partial charge in [-0.05, 0) is 54.1 Å². The van der Waals surface area contributed by atoms with Crippen LogP contribution in [0.1, 0.15) is 5.56 Å². The molecule has 0 saturated carbocycles. The third-order valence-corrected chi connectivity index (χ3v) is 4.10. The summed E-state index contributed by atoms with van der Waals surface area (Å²) < 4.78 is 10.8. The van der Waals surface area contributed by atoms with Crippen LogP contribution in [0, 0.1) is 0 Å². The normalized spacial score (nSPS) is 10.8. The zero-order chi connectivity index (χ0) is 19.9.